The number of fused-ring (bicyclic) bond motifs is 1. The summed E-state index contributed by atoms with van der Waals surface area (Å²) in [6, 6.07) is 10.6. The molecule has 1 aliphatic rings. The second kappa shape index (κ2) is 10.1. The normalized spacial score (nSPS) is 14.0. The minimum absolute atomic E-state index is 0.334. The van der Waals surface area contributed by atoms with Gasteiger partial charge in [-0.3, -0.25) is 0 Å². The summed E-state index contributed by atoms with van der Waals surface area (Å²) >= 11 is 0. The summed E-state index contributed by atoms with van der Waals surface area (Å²) in [6.07, 6.45) is -1.45. The van der Waals surface area contributed by atoms with Gasteiger partial charge < -0.3 is 29.7 Å². The van der Waals surface area contributed by atoms with E-state index < -0.39 is 6.36 Å². The molecule has 0 spiro atoms. The summed E-state index contributed by atoms with van der Waals surface area (Å²) in [5.74, 6) is 1.28. The molecule has 0 bridgehead atoms. The Morgan fingerprint density at radius 1 is 1.03 bits per heavy atom. The fraction of sp³-hybridized carbons (Fsp3) is 0.280. The number of rotatable bonds is 5. The lowest BCUT2D eigenvalue weighted by Gasteiger charge is -2.35. The van der Waals surface area contributed by atoms with E-state index in [1.165, 1.54) is 18.5 Å². The zero-order valence-corrected chi connectivity index (χ0v) is 20.7. The summed E-state index contributed by atoms with van der Waals surface area (Å²) in [7, 11) is 3.87. The Hall–Kier alpha value is -4.55. The molecule has 1 aliphatic heterocycles. The number of amides is 2. The van der Waals surface area contributed by atoms with E-state index >= 15 is 0 Å². The molecule has 0 atom stereocenters. The second-order valence-corrected chi connectivity index (χ2v) is 8.92. The Morgan fingerprint density at radius 2 is 1.76 bits per heavy atom. The van der Waals surface area contributed by atoms with E-state index in [0.717, 1.165) is 40.4 Å². The first-order valence-corrected chi connectivity index (χ1v) is 11.8. The Balaban J connectivity index is 1.23. The number of anilines is 3. The molecule has 4 heterocycles. The van der Waals surface area contributed by atoms with Crippen LogP contribution in [-0.4, -0.2) is 77.5 Å². The van der Waals surface area contributed by atoms with Gasteiger partial charge >= 0.3 is 12.4 Å². The zero-order valence-electron chi connectivity index (χ0n) is 20.7. The molecule has 1 aromatic carbocycles. The lowest BCUT2D eigenvalue weighted by molar-refractivity contribution is -0.274. The van der Waals surface area contributed by atoms with E-state index in [9.17, 15) is 18.0 Å². The number of nitrogens with one attached hydrogen (secondary N) is 2. The molecule has 0 saturated carbocycles. The van der Waals surface area contributed by atoms with Crippen LogP contribution in [0.4, 0.5) is 35.3 Å². The number of halogens is 3. The van der Waals surface area contributed by atoms with Crippen LogP contribution in [-0.2, 0) is 0 Å². The highest BCUT2D eigenvalue weighted by Crippen LogP contribution is 2.30. The summed E-state index contributed by atoms with van der Waals surface area (Å²) in [4.78, 5) is 35.1. The maximum atomic E-state index is 12.7. The first kappa shape index (κ1) is 25.1. The highest BCUT2D eigenvalue weighted by atomic mass is 19.4. The van der Waals surface area contributed by atoms with Crippen LogP contribution in [0, 0.1) is 0 Å². The molecule has 2 amide bonds. The zero-order chi connectivity index (χ0) is 26.9. The number of H-pyrrole nitrogens is 1. The van der Waals surface area contributed by atoms with Gasteiger partial charge in [-0.15, -0.1) is 13.2 Å². The number of pyridine rings is 1. The SMILES string of the molecule is CN(C)c1ccc(-c2cc3c(N4CCN(C(=O)Nc5ccc(OC(F)(F)F)cc5)CC4)ncnc3[nH]2)cn1. The maximum Gasteiger partial charge on any atom is 0.573 e. The van der Waals surface area contributed by atoms with E-state index in [1.54, 1.807) is 11.1 Å². The highest BCUT2D eigenvalue weighted by Gasteiger charge is 2.31. The molecule has 38 heavy (non-hydrogen) atoms. The maximum absolute atomic E-state index is 12.7. The Morgan fingerprint density at radius 3 is 2.39 bits per heavy atom. The van der Waals surface area contributed by atoms with Crippen LogP contribution in [0.5, 0.6) is 5.75 Å². The predicted molar refractivity (Wildman–Crippen MR) is 137 cm³/mol. The smallest absolute Gasteiger partial charge is 0.406 e. The molecule has 13 heteroatoms. The van der Waals surface area contributed by atoms with Gasteiger partial charge in [-0.05, 0) is 42.5 Å². The summed E-state index contributed by atoms with van der Waals surface area (Å²) in [5.41, 5.74) is 2.89. The van der Waals surface area contributed by atoms with Gasteiger partial charge in [0.2, 0.25) is 0 Å². The van der Waals surface area contributed by atoms with Crippen molar-refractivity contribution >= 4 is 34.4 Å². The van der Waals surface area contributed by atoms with E-state index in [0.29, 0.717) is 37.5 Å². The number of hydrogen-bond acceptors (Lipinski definition) is 7. The fourth-order valence-corrected chi connectivity index (χ4v) is 4.21. The van der Waals surface area contributed by atoms with Crippen LogP contribution in [0.25, 0.3) is 22.3 Å². The van der Waals surface area contributed by atoms with Gasteiger partial charge in [0, 0.05) is 63.4 Å². The average Bonchev–Trinajstić information content (AvgIpc) is 3.34. The third-order valence-corrected chi connectivity index (χ3v) is 6.13. The van der Waals surface area contributed by atoms with E-state index in [1.807, 2.05) is 37.2 Å². The number of ether oxygens (including phenoxy) is 1. The topological polar surface area (TPSA) is 103 Å². The first-order chi connectivity index (χ1) is 18.2. The Bertz CT molecular complexity index is 1410. The summed E-state index contributed by atoms with van der Waals surface area (Å²) in [6.45, 7) is 1.99. The van der Waals surface area contributed by atoms with Crippen molar-refractivity contribution in [1.82, 2.24) is 24.8 Å². The molecule has 0 unspecified atom stereocenters. The van der Waals surface area contributed by atoms with Gasteiger partial charge in [0.1, 0.15) is 29.4 Å². The van der Waals surface area contributed by atoms with Crippen molar-refractivity contribution in [2.45, 2.75) is 6.36 Å². The molecule has 0 radical (unpaired) electrons. The standard InChI is InChI=1S/C25H25F3N8O2/c1-34(2)21-8-3-16(14-29-21)20-13-19-22(33-20)30-15-31-23(19)35-9-11-36(12-10-35)24(37)32-17-4-6-18(7-5-17)38-25(26,27)28/h3-8,13-15H,9-12H2,1-2H3,(H,32,37)(H,30,31,33). The number of urea groups is 1. The molecule has 1 saturated heterocycles. The summed E-state index contributed by atoms with van der Waals surface area (Å²) in [5, 5.41) is 3.58. The van der Waals surface area contributed by atoms with Gasteiger partial charge in [0.25, 0.3) is 0 Å². The molecular weight excluding hydrogens is 501 g/mol. The van der Waals surface area contributed by atoms with Crippen LogP contribution in [0.3, 0.4) is 0 Å². The molecule has 10 nitrogen and oxygen atoms in total. The van der Waals surface area contributed by atoms with Crippen LogP contribution in [0.1, 0.15) is 0 Å². The van der Waals surface area contributed by atoms with Gasteiger partial charge in [-0.25, -0.2) is 19.7 Å². The largest absolute Gasteiger partial charge is 0.573 e. The molecule has 198 valence electrons. The van der Waals surface area contributed by atoms with Crippen LogP contribution >= 0.6 is 0 Å². The molecule has 4 aromatic rings. The quantitative estimate of drug-likeness (QED) is 0.399. The van der Waals surface area contributed by atoms with Crippen molar-refractivity contribution < 1.29 is 22.7 Å². The van der Waals surface area contributed by atoms with Gasteiger partial charge in [-0.1, -0.05) is 0 Å². The van der Waals surface area contributed by atoms with E-state index in [4.69, 9.17) is 0 Å². The lowest BCUT2D eigenvalue weighted by Crippen LogP contribution is -2.50. The van der Waals surface area contributed by atoms with Crippen LogP contribution in [0.15, 0.2) is 55.0 Å². The molecule has 1 fully saturated rings. The van der Waals surface area contributed by atoms with Crippen molar-refractivity contribution in [3.05, 3.63) is 55.0 Å². The van der Waals surface area contributed by atoms with E-state index in [2.05, 4.69) is 34.9 Å². The van der Waals surface area contributed by atoms with Gasteiger partial charge in [-0.2, -0.15) is 0 Å². The molecule has 3 aromatic heterocycles. The number of benzene rings is 1. The number of nitrogens with zero attached hydrogens (tertiary/aromatic N) is 6. The average molecular weight is 527 g/mol. The molecule has 2 N–H and O–H groups in total. The third kappa shape index (κ3) is 5.56. The number of aromatic nitrogens is 4. The van der Waals surface area contributed by atoms with Crippen molar-refractivity contribution in [2.24, 2.45) is 0 Å². The molecule has 5 rings (SSSR count). The third-order valence-electron chi connectivity index (χ3n) is 6.13. The minimum atomic E-state index is -4.77. The first-order valence-electron chi connectivity index (χ1n) is 11.8. The Labute approximate surface area is 216 Å². The van der Waals surface area contributed by atoms with Crippen molar-refractivity contribution in [3.8, 4) is 17.0 Å². The molecular formula is C25H25F3N8O2. The second-order valence-electron chi connectivity index (χ2n) is 8.92. The van der Waals surface area contributed by atoms with Gasteiger partial charge in [0.15, 0.2) is 0 Å². The molecule has 0 aliphatic carbocycles. The minimum Gasteiger partial charge on any atom is -0.406 e. The van der Waals surface area contributed by atoms with Crippen molar-refractivity contribution in [2.75, 3.05) is 55.4 Å². The number of carbonyl (C=O) groups is 1. The highest BCUT2D eigenvalue weighted by molar-refractivity contribution is 5.92. The van der Waals surface area contributed by atoms with E-state index in [-0.39, 0.29) is 11.8 Å². The van der Waals surface area contributed by atoms with Crippen molar-refractivity contribution in [1.29, 1.82) is 0 Å². The predicted octanol–water partition coefficient (Wildman–Crippen LogP) is 4.34. The van der Waals surface area contributed by atoms with Crippen LogP contribution in [0.2, 0.25) is 0 Å². The number of aromatic amines is 1. The lowest BCUT2D eigenvalue weighted by atomic mass is 10.2. The number of carbonyl (C=O) groups excluding carboxylic acids is 1. The fourth-order valence-electron chi connectivity index (χ4n) is 4.21. The number of hydrogen-bond donors (Lipinski definition) is 2. The monoisotopic (exact) mass is 526 g/mol. The number of piperazine rings is 1. The number of alkyl halides is 3. The van der Waals surface area contributed by atoms with Crippen LogP contribution < -0.4 is 19.9 Å². The summed E-state index contributed by atoms with van der Waals surface area (Å²) < 4.78 is 40.9. The van der Waals surface area contributed by atoms with Crippen molar-refractivity contribution in [3.63, 3.8) is 0 Å². The van der Waals surface area contributed by atoms with Gasteiger partial charge in [0.05, 0.1) is 5.39 Å². The Kier molecular flexibility index (Phi) is 6.66.